The zero-order valence-corrected chi connectivity index (χ0v) is 15.2. The number of carbonyl (C=O) groups excluding carboxylic acids is 1. The molecule has 0 aromatic carbocycles. The van der Waals surface area contributed by atoms with Crippen molar-refractivity contribution in [3.05, 3.63) is 19.2 Å². The molecule has 2 rings (SSSR count). The number of thiophene rings is 1. The molecule has 0 radical (unpaired) electrons. The molecule has 4 heteroatoms. The molecule has 1 aromatic rings. The molecule has 0 unspecified atom stereocenters. The van der Waals surface area contributed by atoms with Crippen molar-refractivity contribution in [2.75, 3.05) is 0 Å². The van der Waals surface area contributed by atoms with Gasteiger partial charge in [-0.1, -0.05) is 26.2 Å². The third kappa shape index (κ3) is 3.92. The molecule has 0 atom stereocenters. The van der Waals surface area contributed by atoms with E-state index in [2.05, 4.69) is 38.8 Å². The van der Waals surface area contributed by atoms with Crippen LogP contribution in [-0.4, -0.2) is 5.78 Å². The van der Waals surface area contributed by atoms with Crippen molar-refractivity contribution < 1.29 is 4.79 Å². The lowest BCUT2D eigenvalue weighted by atomic mass is 9.78. The monoisotopic (exact) mass is 406 g/mol. The third-order valence-electron chi connectivity index (χ3n) is 4.10. The lowest BCUT2D eigenvalue weighted by Gasteiger charge is -2.27. The third-order valence-corrected chi connectivity index (χ3v) is 7.64. The molecule has 1 nitrogen and oxygen atoms in total. The standard InChI is InChI=1S/C15H20Br2OS/c1-2-3-4-10-5-7-11(8-6-10)14(18)15-13(17)12(16)9-19-15/h9-11H,2-8H2,1H3. The Morgan fingerprint density at radius 1 is 1.32 bits per heavy atom. The highest BCUT2D eigenvalue weighted by Gasteiger charge is 2.28. The second-order valence-electron chi connectivity index (χ2n) is 5.45. The minimum Gasteiger partial charge on any atom is -0.293 e. The maximum Gasteiger partial charge on any atom is 0.177 e. The summed E-state index contributed by atoms with van der Waals surface area (Å²) in [6.07, 6.45) is 8.61. The van der Waals surface area contributed by atoms with E-state index in [9.17, 15) is 4.79 Å². The van der Waals surface area contributed by atoms with E-state index in [-0.39, 0.29) is 5.92 Å². The minimum atomic E-state index is 0.250. The van der Waals surface area contributed by atoms with Gasteiger partial charge in [0.05, 0.1) is 9.35 Å². The number of hydrogen-bond donors (Lipinski definition) is 0. The Labute approximate surface area is 136 Å². The number of hydrogen-bond acceptors (Lipinski definition) is 2. The van der Waals surface area contributed by atoms with E-state index in [0.29, 0.717) is 5.78 Å². The van der Waals surface area contributed by atoms with E-state index in [0.717, 1.165) is 32.6 Å². The van der Waals surface area contributed by atoms with Crippen LogP contribution in [0.1, 0.15) is 61.5 Å². The molecule has 1 aromatic heterocycles. The van der Waals surface area contributed by atoms with E-state index in [1.807, 2.05) is 5.38 Å². The Morgan fingerprint density at radius 2 is 2.00 bits per heavy atom. The Hall–Kier alpha value is 0.330. The maximum atomic E-state index is 12.5. The Balaban J connectivity index is 1.91. The fourth-order valence-corrected chi connectivity index (χ4v) is 5.07. The van der Waals surface area contributed by atoms with Gasteiger partial charge in [0.25, 0.3) is 0 Å². The molecule has 1 heterocycles. The van der Waals surface area contributed by atoms with Gasteiger partial charge in [-0.3, -0.25) is 4.79 Å². The first-order chi connectivity index (χ1) is 9.13. The number of rotatable bonds is 5. The predicted octanol–water partition coefficient (Wildman–Crippen LogP) is 6.45. The van der Waals surface area contributed by atoms with Crippen molar-refractivity contribution in [3.63, 3.8) is 0 Å². The first kappa shape index (κ1) is 15.7. The number of unbranched alkanes of at least 4 members (excludes halogenated alkanes) is 1. The van der Waals surface area contributed by atoms with Crippen molar-refractivity contribution in [3.8, 4) is 0 Å². The highest BCUT2D eigenvalue weighted by atomic mass is 79.9. The maximum absolute atomic E-state index is 12.5. The van der Waals surface area contributed by atoms with Gasteiger partial charge in [0.1, 0.15) is 0 Å². The van der Waals surface area contributed by atoms with Crippen molar-refractivity contribution in [2.45, 2.75) is 51.9 Å². The van der Waals surface area contributed by atoms with Crippen LogP contribution in [0.25, 0.3) is 0 Å². The fourth-order valence-electron chi connectivity index (χ4n) is 2.88. The van der Waals surface area contributed by atoms with Crippen molar-refractivity contribution in [1.82, 2.24) is 0 Å². The van der Waals surface area contributed by atoms with E-state index < -0.39 is 0 Å². The van der Waals surface area contributed by atoms with Gasteiger partial charge in [0.15, 0.2) is 5.78 Å². The fraction of sp³-hybridized carbons (Fsp3) is 0.667. The molecule has 1 saturated carbocycles. The molecular weight excluding hydrogens is 388 g/mol. The van der Waals surface area contributed by atoms with Gasteiger partial charge in [-0.05, 0) is 63.5 Å². The van der Waals surface area contributed by atoms with Gasteiger partial charge in [0, 0.05) is 15.8 Å². The quantitative estimate of drug-likeness (QED) is 0.512. The molecule has 0 N–H and O–H groups in total. The van der Waals surface area contributed by atoms with Gasteiger partial charge in [0.2, 0.25) is 0 Å². The minimum absolute atomic E-state index is 0.250. The first-order valence-corrected chi connectivity index (χ1v) is 9.56. The van der Waals surface area contributed by atoms with Crippen molar-refractivity contribution in [1.29, 1.82) is 0 Å². The summed E-state index contributed by atoms with van der Waals surface area (Å²) in [5, 5.41) is 1.99. The normalized spacial score (nSPS) is 23.5. The van der Waals surface area contributed by atoms with Crippen LogP contribution in [-0.2, 0) is 0 Å². The summed E-state index contributed by atoms with van der Waals surface area (Å²) < 4.78 is 1.94. The molecule has 19 heavy (non-hydrogen) atoms. The van der Waals surface area contributed by atoms with Crippen molar-refractivity contribution >= 4 is 49.0 Å². The highest BCUT2D eigenvalue weighted by molar-refractivity contribution is 9.13. The average molecular weight is 408 g/mol. The van der Waals surface area contributed by atoms with E-state index in [4.69, 9.17) is 0 Å². The van der Waals surface area contributed by atoms with Crippen LogP contribution < -0.4 is 0 Å². The topological polar surface area (TPSA) is 17.1 Å². The molecular formula is C15H20Br2OS. The Bertz CT molecular complexity index is 433. The number of carbonyl (C=O) groups is 1. The second-order valence-corrected chi connectivity index (χ2v) is 7.98. The number of halogens is 2. The summed E-state index contributed by atoms with van der Waals surface area (Å²) in [4.78, 5) is 13.4. The largest absolute Gasteiger partial charge is 0.293 e. The van der Waals surface area contributed by atoms with E-state index in [1.165, 1.54) is 32.1 Å². The summed E-state index contributed by atoms with van der Waals surface area (Å²) in [6, 6.07) is 0. The van der Waals surface area contributed by atoms with Gasteiger partial charge in [-0.2, -0.15) is 0 Å². The summed E-state index contributed by atoms with van der Waals surface area (Å²) >= 11 is 8.51. The summed E-state index contributed by atoms with van der Waals surface area (Å²) in [5.41, 5.74) is 0. The Kier molecular flexibility index (Phi) is 6.10. The van der Waals surface area contributed by atoms with Crippen LogP contribution in [0.3, 0.4) is 0 Å². The average Bonchev–Trinajstić information content (AvgIpc) is 2.76. The lowest BCUT2D eigenvalue weighted by Crippen LogP contribution is -2.21. The van der Waals surface area contributed by atoms with Crippen LogP contribution in [0.2, 0.25) is 0 Å². The van der Waals surface area contributed by atoms with Crippen molar-refractivity contribution in [2.24, 2.45) is 11.8 Å². The zero-order valence-electron chi connectivity index (χ0n) is 11.3. The van der Waals surface area contributed by atoms with E-state index >= 15 is 0 Å². The second kappa shape index (κ2) is 7.37. The van der Waals surface area contributed by atoms with Crippen LogP contribution >= 0.6 is 43.2 Å². The molecule has 1 fully saturated rings. The van der Waals surface area contributed by atoms with Crippen LogP contribution in [0.15, 0.2) is 14.3 Å². The van der Waals surface area contributed by atoms with Crippen LogP contribution in [0.5, 0.6) is 0 Å². The zero-order chi connectivity index (χ0) is 13.8. The SMILES string of the molecule is CCCCC1CCC(C(=O)c2scc(Br)c2Br)CC1. The highest BCUT2D eigenvalue weighted by Crippen LogP contribution is 2.38. The lowest BCUT2D eigenvalue weighted by molar-refractivity contribution is 0.0873. The van der Waals surface area contributed by atoms with Gasteiger partial charge in [-0.15, -0.1) is 11.3 Å². The van der Waals surface area contributed by atoms with Gasteiger partial charge >= 0.3 is 0 Å². The van der Waals surface area contributed by atoms with Gasteiger partial charge < -0.3 is 0 Å². The molecule has 0 bridgehead atoms. The number of ketones is 1. The smallest absolute Gasteiger partial charge is 0.177 e. The van der Waals surface area contributed by atoms with Crippen LogP contribution in [0, 0.1) is 11.8 Å². The summed E-state index contributed by atoms with van der Waals surface area (Å²) in [5.74, 6) is 1.46. The summed E-state index contributed by atoms with van der Waals surface area (Å²) in [6.45, 7) is 2.25. The molecule has 0 saturated heterocycles. The first-order valence-electron chi connectivity index (χ1n) is 7.10. The molecule has 0 spiro atoms. The molecule has 1 aliphatic carbocycles. The Morgan fingerprint density at radius 3 is 2.53 bits per heavy atom. The molecule has 106 valence electrons. The van der Waals surface area contributed by atoms with E-state index in [1.54, 1.807) is 11.3 Å². The van der Waals surface area contributed by atoms with Crippen LogP contribution in [0.4, 0.5) is 0 Å². The molecule has 1 aliphatic rings. The molecule has 0 amide bonds. The number of Topliss-reactive ketones (excluding diaryl/α,β-unsaturated/α-hetero) is 1. The molecule has 0 aliphatic heterocycles. The summed E-state index contributed by atoms with van der Waals surface area (Å²) in [7, 11) is 0. The predicted molar refractivity (Wildman–Crippen MR) is 89.0 cm³/mol. The van der Waals surface area contributed by atoms with Gasteiger partial charge in [-0.25, -0.2) is 0 Å².